The zero-order valence-electron chi connectivity index (χ0n) is 10.7. The lowest BCUT2D eigenvalue weighted by Gasteiger charge is -2.34. The number of urea groups is 1. The van der Waals surface area contributed by atoms with E-state index >= 15 is 0 Å². The molecule has 2 amide bonds. The van der Waals surface area contributed by atoms with Crippen LogP contribution in [0.2, 0.25) is 0 Å². The van der Waals surface area contributed by atoms with Crippen LogP contribution in [-0.2, 0) is 9.53 Å². The van der Waals surface area contributed by atoms with E-state index in [0.29, 0.717) is 18.8 Å². The first-order chi connectivity index (χ1) is 9.58. The number of amides is 2. The molecule has 6 nitrogen and oxygen atoms in total. The summed E-state index contributed by atoms with van der Waals surface area (Å²) in [5, 5.41) is 11.7. The van der Waals surface area contributed by atoms with Gasteiger partial charge in [0.05, 0.1) is 31.4 Å². The van der Waals surface area contributed by atoms with Crippen LogP contribution in [0.15, 0.2) is 28.7 Å². The summed E-state index contributed by atoms with van der Waals surface area (Å²) in [4.78, 5) is 24.6. The van der Waals surface area contributed by atoms with Gasteiger partial charge in [0.15, 0.2) is 0 Å². The third-order valence-electron chi connectivity index (χ3n) is 3.01. The van der Waals surface area contributed by atoms with E-state index in [4.69, 9.17) is 9.84 Å². The highest BCUT2D eigenvalue weighted by atomic mass is 79.9. The Kier molecular flexibility index (Phi) is 4.97. The van der Waals surface area contributed by atoms with Crippen molar-refractivity contribution in [3.8, 4) is 0 Å². The fourth-order valence-electron chi connectivity index (χ4n) is 2.04. The molecule has 2 rings (SSSR count). The zero-order valence-corrected chi connectivity index (χ0v) is 12.3. The monoisotopic (exact) mass is 342 g/mol. The Morgan fingerprint density at radius 2 is 2.20 bits per heavy atom. The van der Waals surface area contributed by atoms with Crippen molar-refractivity contribution in [1.29, 1.82) is 0 Å². The summed E-state index contributed by atoms with van der Waals surface area (Å²) in [6.45, 7) is 1.05. The number of para-hydroxylation sites is 1. The van der Waals surface area contributed by atoms with Gasteiger partial charge in [0.25, 0.3) is 0 Å². The Morgan fingerprint density at radius 3 is 2.90 bits per heavy atom. The predicted molar refractivity (Wildman–Crippen MR) is 76.7 cm³/mol. The number of rotatable bonds is 3. The number of carboxylic acids is 1. The summed E-state index contributed by atoms with van der Waals surface area (Å²) in [7, 11) is 0. The highest BCUT2D eigenvalue weighted by Crippen LogP contribution is 2.22. The number of hydrogen-bond donors (Lipinski definition) is 2. The molecule has 2 N–H and O–H groups in total. The average Bonchev–Trinajstić information content (AvgIpc) is 2.41. The number of benzene rings is 1. The molecular formula is C13H15BrN2O4. The summed E-state index contributed by atoms with van der Waals surface area (Å²) in [6, 6.07) is 6.50. The van der Waals surface area contributed by atoms with Gasteiger partial charge in [-0.15, -0.1) is 0 Å². The molecule has 1 aliphatic rings. The van der Waals surface area contributed by atoms with Gasteiger partial charge in [-0.3, -0.25) is 4.79 Å². The molecule has 1 unspecified atom stereocenters. The Balaban J connectivity index is 2.06. The number of carbonyl (C=O) groups excluding carboxylic acids is 1. The van der Waals surface area contributed by atoms with Gasteiger partial charge in [-0.2, -0.15) is 0 Å². The van der Waals surface area contributed by atoms with Gasteiger partial charge in [-0.25, -0.2) is 4.79 Å². The maximum atomic E-state index is 12.3. The van der Waals surface area contributed by atoms with E-state index in [9.17, 15) is 9.59 Å². The van der Waals surface area contributed by atoms with Crippen LogP contribution in [0.3, 0.4) is 0 Å². The summed E-state index contributed by atoms with van der Waals surface area (Å²) in [5.74, 6) is -0.945. The van der Waals surface area contributed by atoms with Crippen LogP contribution in [0.4, 0.5) is 10.5 Å². The van der Waals surface area contributed by atoms with Crippen LogP contribution in [0.5, 0.6) is 0 Å². The standard InChI is InChI=1S/C13H15BrN2O4/c14-10-3-1-2-4-11(10)15-13(19)16-5-6-20-8-9(16)7-12(17)18/h1-4,9H,5-8H2,(H,15,19)(H,17,18). The van der Waals surface area contributed by atoms with Crippen molar-refractivity contribution in [2.24, 2.45) is 0 Å². The van der Waals surface area contributed by atoms with E-state index in [1.165, 1.54) is 4.90 Å². The molecular weight excluding hydrogens is 328 g/mol. The summed E-state index contributed by atoms with van der Waals surface area (Å²) < 4.78 is 6.02. The van der Waals surface area contributed by atoms with Crippen molar-refractivity contribution >= 4 is 33.6 Å². The lowest BCUT2D eigenvalue weighted by Crippen LogP contribution is -2.51. The number of ether oxygens (including phenoxy) is 1. The molecule has 1 aromatic carbocycles. The molecule has 20 heavy (non-hydrogen) atoms. The first-order valence-electron chi connectivity index (χ1n) is 6.19. The number of carbonyl (C=O) groups is 2. The van der Waals surface area contributed by atoms with Crippen molar-refractivity contribution in [2.75, 3.05) is 25.1 Å². The largest absolute Gasteiger partial charge is 0.481 e. The normalized spacial score (nSPS) is 18.6. The highest BCUT2D eigenvalue weighted by molar-refractivity contribution is 9.10. The van der Waals surface area contributed by atoms with Gasteiger partial charge in [-0.05, 0) is 28.1 Å². The van der Waals surface area contributed by atoms with Gasteiger partial charge in [0.1, 0.15) is 0 Å². The molecule has 1 saturated heterocycles. The average molecular weight is 343 g/mol. The second kappa shape index (κ2) is 6.71. The second-order valence-corrected chi connectivity index (χ2v) is 5.28. The predicted octanol–water partition coefficient (Wildman–Crippen LogP) is 2.16. The van der Waals surface area contributed by atoms with Gasteiger partial charge in [0, 0.05) is 11.0 Å². The summed E-state index contributed by atoms with van der Waals surface area (Å²) >= 11 is 3.35. The van der Waals surface area contributed by atoms with Crippen LogP contribution in [0.25, 0.3) is 0 Å². The van der Waals surface area contributed by atoms with Crippen molar-refractivity contribution in [1.82, 2.24) is 4.90 Å². The van der Waals surface area contributed by atoms with Crippen molar-refractivity contribution < 1.29 is 19.4 Å². The minimum atomic E-state index is -0.945. The Labute approximate surface area is 124 Å². The molecule has 0 aliphatic carbocycles. The molecule has 1 aromatic rings. The lowest BCUT2D eigenvalue weighted by atomic mass is 10.1. The highest BCUT2D eigenvalue weighted by Gasteiger charge is 2.29. The summed E-state index contributed by atoms with van der Waals surface area (Å²) in [5.41, 5.74) is 0.651. The molecule has 0 bridgehead atoms. The third-order valence-corrected chi connectivity index (χ3v) is 3.71. The molecule has 1 atom stereocenters. The van der Waals surface area contributed by atoms with E-state index in [0.717, 1.165) is 4.47 Å². The van der Waals surface area contributed by atoms with Gasteiger partial charge < -0.3 is 20.1 Å². The van der Waals surface area contributed by atoms with Crippen LogP contribution in [0, 0.1) is 0 Å². The van der Waals surface area contributed by atoms with E-state index in [1.54, 1.807) is 6.07 Å². The zero-order chi connectivity index (χ0) is 14.5. The first-order valence-corrected chi connectivity index (χ1v) is 6.99. The van der Waals surface area contributed by atoms with E-state index < -0.39 is 12.0 Å². The number of nitrogens with one attached hydrogen (secondary N) is 1. The molecule has 0 aromatic heterocycles. The van der Waals surface area contributed by atoms with Crippen LogP contribution < -0.4 is 5.32 Å². The number of morpholine rings is 1. The summed E-state index contributed by atoms with van der Waals surface area (Å²) in [6.07, 6.45) is -0.122. The second-order valence-electron chi connectivity index (χ2n) is 4.43. The van der Waals surface area contributed by atoms with Gasteiger partial charge in [-0.1, -0.05) is 12.1 Å². The van der Waals surface area contributed by atoms with Crippen LogP contribution >= 0.6 is 15.9 Å². The smallest absolute Gasteiger partial charge is 0.322 e. The SMILES string of the molecule is O=C(O)CC1COCCN1C(=O)Nc1ccccc1Br. The van der Waals surface area contributed by atoms with Crippen molar-refractivity contribution in [3.05, 3.63) is 28.7 Å². The Bertz CT molecular complexity index is 509. The molecule has 0 spiro atoms. The van der Waals surface area contributed by atoms with Crippen molar-refractivity contribution in [2.45, 2.75) is 12.5 Å². The quantitative estimate of drug-likeness (QED) is 0.882. The number of nitrogens with zero attached hydrogens (tertiary/aromatic N) is 1. The molecule has 0 radical (unpaired) electrons. The van der Waals surface area contributed by atoms with E-state index in [1.807, 2.05) is 18.2 Å². The fraction of sp³-hybridized carbons (Fsp3) is 0.385. The van der Waals surface area contributed by atoms with Crippen LogP contribution in [0.1, 0.15) is 6.42 Å². The fourth-order valence-corrected chi connectivity index (χ4v) is 2.43. The van der Waals surface area contributed by atoms with E-state index in [2.05, 4.69) is 21.2 Å². The first kappa shape index (κ1) is 14.8. The maximum absolute atomic E-state index is 12.3. The molecule has 1 aliphatic heterocycles. The minimum Gasteiger partial charge on any atom is -0.481 e. The Hall–Kier alpha value is -1.60. The third kappa shape index (κ3) is 3.71. The number of halogens is 1. The molecule has 1 heterocycles. The number of carboxylic acid groups (broad SMARTS) is 1. The van der Waals surface area contributed by atoms with Gasteiger partial charge in [0.2, 0.25) is 0 Å². The van der Waals surface area contributed by atoms with Crippen LogP contribution in [-0.4, -0.2) is 47.8 Å². The number of anilines is 1. The molecule has 1 fully saturated rings. The Morgan fingerprint density at radius 1 is 1.45 bits per heavy atom. The lowest BCUT2D eigenvalue weighted by molar-refractivity contribution is -0.139. The maximum Gasteiger partial charge on any atom is 0.322 e. The molecule has 108 valence electrons. The molecule has 0 saturated carbocycles. The van der Waals surface area contributed by atoms with Gasteiger partial charge >= 0.3 is 12.0 Å². The number of hydrogen-bond acceptors (Lipinski definition) is 3. The van der Waals surface area contributed by atoms with E-state index in [-0.39, 0.29) is 19.1 Å². The number of aliphatic carboxylic acids is 1. The van der Waals surface area contributed by atoms with Crippen molar-refractivity contribution in [3.63, 3.8) is 0 Å². The minimum absolute atomic E-state index is 0.122. The molecule has 7 heteroatoms. The topological polar surface area (TPSA) is 78.9 Å².